The molecule has 9 atom stereocenters. The lowest BCUT2D eigenvalue weighted by molar-refractivity contribution is -0.222. The zero-order valence-corrected chi connectivity index (χ0v) is 16.7. The molecule has 0 aromatic heterocycles. The summed E-state index contributed by atoms with van der Waals surface area (Å²) in [5.74, 6) is -2.51. The van der Waals surface area contributed by atoms with E-state index in [9.17, 15) is 19.8 Å². The van der Waals surface area contributed by atoms with Crippen LogP contribution in [0.25, 0.3) is 0 Å². The lowest BCUT2D eigenvalue weighted by Crippen LogP contribution is -2.70. The number of aliphatic hydroxyl groups is 2. The number of Topliss-reactive ketones (excluding diaryl/α,β-unsaturated/α-hetero) is 1. The van der Waals surface area contributed by atoms with Gasteiger partial charge in [-0.2, -0.15) is 0 Å². The lowest BCUT2D eigenvalue weighted by atomic mass is 9.44. The number of hydrogen-bond acceptors (Lipinski definition) is 4. The number of allylic oxidation sites excluding steroid dienone is 4. The van der Waals surface area contributed by atoms with Crippen LogP contribution in [0, 0.1) is 28.6 Å². The maximum absolute atomic E-state index is 16.8. The van der Waals surface area contributed by atoms with Crippen LogP contribution in [0.4, 0.5) is 8.78 Å². The topological polar surface area (TPSA) is 74.6 Å². The molecule has 0 saturated heterocycles. The van der Waals surface area contributed by atoms with E-state index in [4.69, 9.17) is 0 Å². The first-order valence-electron chi connectivity index (χ1n) is 10.0. The Balaban J connectivity index is 1.88. The monoisotopic (exact) mass is 394 g/mol. The molecule has 4 aliphatic carbocycles. The van der Waals surface area contributed by atoms with Crippen molar-refractivity contribution in [3.05, 3.63) is 23.8 Å². The second kappa shape index (κ2) is 5.60. The average Bonchev–Trinajstić information content (AvgIpc) is 2.81. The van der Waals surface area contributed by atoms with Crippen LogP contribution in [0.15, 0.2) is 23.8 Å². The molecule has 0 bridgehead atoms. The number of halogens is 2. The van der Waals surface area contributed by atoms with E-state index in [1.54, 1.807) is 20.8 Å². The van der Waals surface area contributed by atoms with Crippen molar-refractivity contribution in [1.82, 2.24) is 0 Å². The van der Waals surface area contributed by atoms with Crippen molar-refractivity contribution >= 4 is 11.6 Å². The van der Waals surface area contributed by atoms with E-state index in [0.29, 0.717) is 6.42 Å². The normalized spacial score (nSPS) is 55.2. The summed E-state index contributed by atoms with van der Waals surface area (Å²) in [6, 6.07) is 0. The van der Waals surface area contributed by atoms with Gasteiger partial charge >= 0.3 is 0 Å². The molecule has 0 spiro atoms. The molecule has 0 aromatic rings. The predicted octanol–water partition coefficient (Wildman–Crippen LogP) is 2.87. The molecule has 4 aliphatic rings. The molecular formula is C22H28F2O4. The fraction of sp³-hybridized carbons (Fsp3) is 0.727. The van der Waals surface area contributed by atoms with Crippen LogP contribution in [0.1, 0.15) is 47.0 Å². The van der Waals surface area contributed by atoms with Gasteiger partial charge in [-0.05, 0) is 62.7 Å². The smallest absolute Gasteiger partial charge is 0.178 e. The Labute approximate surface area is 163 Å². The zero-order chi connectivity index (χ0) is 20.9. The van der Waals surface area contributed by atoms with Crippen LogP contribution in [0.5, 0.6) is 0 Å². The quantitative estimate of drug-likeness (QED) is 0.717. The summed E-state index contributed by atoms with van der Waals surface area (Å²) < 4.78 is 32.0. The number of rotatable bonds is 1. The van der Waals surface area contributed by atoms with Gasteiger partial charge in [0.2, 0.25) is 0 Å². The average molecular weight is 394 g/mol. The highest BCUT2D eigenvalue weighted by Gasteiger charge is 2.76. The molecule has 9 unspecified atom stereocenters. The van der Waals surface area contributed by atoms with E-state index in [1.807, 2.05) is 0 Å². The largest absolute Gasteiger partial charge is 0.390 e. The van der Waals surface area contributed by atoms with Crippen LogP contribution in [-0.4, -0.2) is 45.3 Å². The van der Waals surface area contributed by atoms with E-state index >= 15 is 8.78 Å². The summed E-state index contributed by atoms with van der Waals surface area (Å²) in [5, 5.41) is 22.4. The van der Waals surface area contributed by atoms with Gasteiger partial charge < -0.3 is 10.2 Å². The molecule has 28 heavy (non-hydrogen) atoms. The van der Waals surface area contributed by atoms with Gasteiger partial charge in [-0.3, -0.25) is 9.59 Å². The number of carbonyl (C=O) groups is 2. The standard InChI is InChI=1S/C22H28F2O4/c1-11-7-14-15-9-17(23)16-8-13(26)5-6-19(16,3)21(15,24)18(27)10-20(14,4)22(11,28)12(2)25/h5-6,8,11,14-15,17-18,27-28H,7,9-10H2,1-4H3. The second-order valence-electron chi connectivity index (χ2n) is 9.82. The molecule has 0 radical (unpaired) electrons. The molecule has 0 aromatic carbocycles. The van der Waals surface area contributed by atoms with Crippen LogP contribution >= 0.6 is 0 Å². The minimum absolute atomic E-state index is 0.0780. The highest BCUT2D eigenvalue weighted by Crippen LogP contribution is 2.70. The zero-order valence-electron chi connectivity index (χ0n) is 16.7. The third kappa shape index (κ3) is 1.96. The Morgan fingerprint density at radius 2 is 1.89 bits per heavy atom. The SMILES string of the molecule is CC(=O)C1(O)C(C)CC2C3CC(F)C4=CC(=O)C=CC4(C)C3(F)C(O)CC21C. The third-order valence-corrected chi connectivity index (χ3v) is 8.75. The Morgan fingerprint density at radius 1 is 1.25 bits per heavy atom. The molecule has 4 rings (SSSR count). The highest BCUT2D eigenvalue weighted by molar-refractivity contribution is 6.01. The number of fused-ring (bicyclic) bond motifs is 5. The van der Waals surface area contributed by atoms with Gasteiger partial charge in [0.15, 0.2) is 17.2 Å². The first kappa shape index (κ1) is 19.9. The van der Waals surface area contributed by atoms with Gasteiger partial charge in [-0.25, -0.2) is 8.78 Å². The summed E-state index contributed by atoms with van der Waals surface area (Å²) >= 11 is 0. The van der Waals surface area contributed by atoms with E-state index in [2.05, 4.69) is 0 Å². The molecule has 3 fully saturated rings. The van der Waals surface area contributed by atoms with Gasteiger partial charge in [0, 0.05) is 16.7 Å². The van der Waals surface area contributed by atoms with Gasteiger partial charge in [-0.15, -0.1) is 0 Å². The molecular weight excluding hydrogens is 366 g/mol. The van der Waals surface area contributed by atoms with E-state index in [1.165, 1.54) is 19.1 Å². The molecule has 0 amide bonds. The van der Waals surface area contributed by atoms with Crippen LogP contribution in [0.2, 0.25) is 0 Å². The predicted molar refractivity (Wildman–Crippen MR) is 98.8 cm³/mol. The second-order valence-corrected chi connectivity index (χ2v) is 9.82. The summed E-state index contributed by atoms with van der Waals surface area (Å²) in [6.45, 7) is 6.36. The minimum Gasteiger partial charge on any atom is -0.390 e. The molecule has 6 heteroatoms. The maximum Gasteiger partial charge on any atom is 0.178 e. The van der Waals surface area contributed by atoms with Crippen LogP contribution in [0.3, 0.4) is 0 Å². The summed E-state index contributed by atoms with van der Waals surface area (Å²) in [6.07, 6.45) is 0.918. The van der Waals surface area contributed by atoms with Crippen molar-refractivity contribution in [3.63, 3.8) is 0 Å². The van der Waals surface area contributed by atoms with Crippen molar-refractivity contribution in [2.75, 3.05) is 0 Å². The molecule has 2 N–H and O–H groups in total. The number of aliphatic hydroxyl groups excluding tert-OH is 1. The molecule has 4 nitrogen and oxygen atoms in total. The fourth-order valence-electron chi connectivity index (χ4n) is 7.29. The number of alkyl halides is 2. The van der Waals surface area contributed by atoms with E-state index < -0.39 is 57.9 Å². The van der Waals surface area contributed by atoms with Gasteiger partial charge in [0.25, 0.3) is 0 Å². The van der Waals surface area contributed by atoms with Crippen molar-refractivity contribution in [2.24, 2.45) is 28.6 Å². The Bertz CT molecular complexity index is 821. The lowest BCUT2D eigenvalue weighted by Gasteiger charge is -2.63. The number of ketones is 2. The molecule has 3 saturated carbocycles. The van der Waals surface area contributed by atoms with Gasteiger partial charge in [-0.1, -0.05) is 19.9 Å². The molecule has 154 valence electrons. The number of hydrogen-bond donors (Lipinski definition) is 2. The minimum atomic E-state index is -2.18. The van der Waals surface area contributed by atoms with Crippen molar-refractivity contribution in [1.29, 1.82) is 0 Å². The third-order valence-electron chi connectivity index (χ3n) is 8.75. The molecule has 0 aliphatic heterocycles. The van der Waals surface area contributed by atoms with Crippen molar-refractivity contribution < 1.29 is 28.6 Å². The first-order valence-corrected chi connectivity index (χ1v) is 10.0. The summed E-state index contributed by atoms with van der Waals surface area (Å²) in [5.41, 5.74) is -6.26. The van der Waals surface area contributed by atoms with Crippen LogP contribution < -0.4 is 0 Å². The van der Waals surface area contributed by atoms with E-state index in [-0.39, 0.29) is 24.2 Å². The highest BCUT2D eigenvalue weighted by atomic mass is 19.1. The fourth-order valence-corrected chi connectivity index (χ4v) is 7.29. The molecule has 0 heterocycles. The van der Waals surface area contributed by atoms with Gasteiger partial charge in [0.1, 0.15) is 11.8 Å². The van der Waals surface area contributed by atoms with Crippen molar-refractivity contribution in [2.45, 2.75) is 70.5 Å². The van der Waals surface area contributed by atoms with E-state index in [0.717, 1.165) is 6.08 Å². The summed E-state index contributed by atoms with van der Waals surface area (Å²) in [7, 11) is 0. The van der Waals surface area contributed by atoms with Crippen LogP contribution in [-0.2, 0) is 9.59 Å². The maximum atomic E-state index is 16.8. The Hall–Kier alpha value is -1.40. The Kier molecular flexibility index (Phi) is 3.98. The summed E-state index contributed by atoms with van der Waals surface area (Å²) in [4.78, 5) is 24.2. The number of carbonyl (C=O) groups excluding carboxylic acids is 2. The van der Waals surface area contributed by atoms with Crippen molar-refractivity contribution in [3.8, 4) is 0 Å². The van der Waals surface area contributed by atoms with Gasteiger partial charge in [0.05, 0.1) is 6.10 Å². The Morgan fingerprint density at radius 3 is 2.50 bits per heavy atom. The first-order chi connectivity index (χ1) is 12.8.